The molecule has 1 atom stereocenters. The van der Waals surface area contributed by atoms with Gasteiger partial charge in [0.05, 0.1) is 0 Å². The highest BCUT2D eigenvalue weighted by Crippen LogP contribution is 2.25. The van der Waals surface area contributed by atoms with Crippen molar-refractivity contribution in [2.24, 2.45) is 5.92 Å². The third kappa shape index (κ3) is 4.48. The minimum absolute atomic E-state index is 0.0814. The maximum absolute atomic E-state index is 12.1. The molecule has 0 aliphatic heterocycles. The van der Waals surface area contributed by atoms with Gasteiger partial charge < -0.3 is 16.4 Å². The summed E-state index contributed by atoms with van der Waals surface area (Å²) in [5.41, 5.74) is 8.03. The quantitative estimate of drug-likeness (QED) is 0.731. The fourth-order valence-corrected chi connectivity index (χ4v) is 2.85. The van der Waals surface area contributed by atoms with Crippen LogP contribution in [0.25, 0.3) is 0 Å². The van der Waals surface area contributed by atoms with Crippen molar-refractivity contribution < 1.29 is 9.59 Å². The molecule has 0 spiro atoms. The normalized spacial score (nSPS) is 16.3. The van der Waals surface area contributed by atoms with Gasteiger partial charge in [-0.05, 0) is 44.4 Å². The molecule has 1 aromatic rings. The Hall–Kier alpha value is -2.04. The van der Waals surface area contributed by atoms with E-state index >= 15 is 0 Å². The lowest BCUT2D eigenvalue weighted by Gasteiger charge is -2.17. The van der Waals surface area contributed by atoms with Crippen molar-refractivity contribution in [1.29, 1.82) is 0 Å². The molecule has 1 aromatic carbocycles. The molecule has 0 bridgehead atoms. The molecular formula is C17H25N3O2. The van der Waals surface area contributed by atoms with E-state index in [0.717, 1.165) is 36.9 Å². The molecule has 1 fully saturated rings. The Morgan fingerprint density at radius 2 is 2.00 bits per heavy atom. The minimum Gasteiger partial charge on any atom is -0.399 e. The summed E-state index contributed by atoms with van der Waals surface area (Å²) in [4.78, 5) is 24.1. The highest BCUT2D eigenvalue weighted by Gasteiger charge is 2.24. The van der Waals surface area contributed by atoms with Gasteiger partial charge in [-0.1, -0.05) is 18.9 Å². The first-order chi connectivity index (χ1) is 10.5. The number of amides is 2. The van der Waals surface area contributed by atoms with Gasteiger partial charge in [-0.3, -0.25) is 9.59 Å². The summed E-state index contributed by atoms with van der Waals surface area (Å²) in [5, 5.41) is 5.79. The highest BCUT2D eigenvalue weighted by atomic mass is 16.2. The third-order valence-corrected chi connectivity index (χ3v) is 4.14. The summed E-state index contributed by atoms with van der Waals surface area (Å²) in [5.74, 6) is 0.0903. The Kier molecular flexibility index (Phi) is 5.41. The molecule has 5 nitrogen and oxygen atoms in total. The van der Waals surface area contributed by atoms with Crippen LogP contribution in [0.3, 0.4) is 0 Å². The van der Waals surface area contributed by atoms with Gasteiger partial charge in [-0.15, -0.1) is 0 Å². The van der Waals surface area contributed by atoms with E-state index in [1.807, 2.05) is 19.9 Å². The van der Waals surface area contributed by atoms with Crippen molar-refractivity contribution in [3.8, 4) is 0 Å². The molecule has 0 saturated heterocycles. The van der Waals surface area contributed by atoms with Crippen LogP contribution >= 0.6 is 0 Å². The van der Waals surface area contributed by atoms with E-state index in [4.69, 9.17) is 5.73 Å². The predicted molar refractivity (Wildman–Crippen MR) is 88.4 cm³/mol. The van der Waals surface area contributed by atoms with Crippen molar-refractivity contribution in [3.63, 3.8) is 0 Å². The Labute approximate surface area is 131 Å². The van der Waals surface area contributed by atoms with Crippen LogP contribution in [0.5, 0.6) is 0 Å². The SMILES string of the molecule is Cc1ccc(N)cc1NC(=O)CC(C)NC(=O)C1CCCC1. The van der Waals surface area contributed by atoms with Crippen LogP contribution < -0.4 is 16.4 Å². The van der Waals surface area contributed by atoms with Crippen LogP contribution in [0, 0.1) is 12.8 Å². The van der Waals surface area contributed by atoms with E-state index < -0.39 is 0 Å². The highest BCUT2D eigenvalue weighted by molar-refractivity contribution is 5.92. The van der Waals surface area contributed by atoms with E-state index in [9.17, 15) is 9.59 Å². The molecule has 5 heteroatoms. The van der Waals surface area contributed by atoms with Crippen molar-refractivity contribution in [2.75, 3.05) is 11.1 Å². The van der Waals surface area contributed by atoms with Crippen LogP contribution in [-0.2, 0) is 9.59 Å². The number of benzene rings is 1. The number of aryl methyl sites for hydroxylation is 1. The molecule has 0 radical (unpaired) electrons. The minimum atomic E-state index is -0.172. The van der Waals surface area contributed by atoms with Crippen molar-refractivity contribution in [1.82, 2.24) is 5.32 Å². The molecule has 1 aliphatic rings. The van der Waals surface area contributed by atoms with Gasteiger partial charge in [-0.2, -0.15) is 0 Å². The summed E-state index contributed by atoms with van der Waals surface area (Å²) < 4.78 is 0. The van der Waals surface area contributed by atoms with Crippen LogP contribution in [-0.4, -0.2) is 17.9 Å². The maximum Gasteiger partial charge on any atom is 0.226 e. The average molecular weight is 303 g/mol. The summed E-state index contributed by atoms with van der Waals surface area (Å²) in [7, 11) is 0. The first-order valence-electron chi connectivity index (χ1n) is 7.92. The van der Waals surface area contributed by atoms with E-state index in [2.05, 4.69) is 10.6 Å². The number of nitrogen functional groups attached to an aromatic ring is 1. The Balaban J connectivity index is 1.83. The van der Waals surface area contributed by atoms with Crippen molar-refractivity contribution in [3.05, 3.63) is 23.8 Å². The number of rotatable bonds is 5. The number of nitrogens with two attached hydrogens (primary N) is 1. The second-order valence-electron chi connectivity index (χ2n) is 6.22. The second kappa shape index (κ2) is 7.29. The van der Waals surface area contributed by atoms with Gasteiger partial charge >= 0.3 is 0 Å². The van der Waals surface area contributed by atoms with Crippen molar-refractivity contribution >= 4 is 23.2 Å². The van der Waals surface area contributed by atoms with E-state index in [1.165, 1.54) is 0 Å². The molecule has 2 amide bonds. The van der Waals surface area contributed by atoms with Crippen LogP contribution in [0.2, 0.25) is 0 Å². The molecule has 1 unspecified atom stereocenters. The first kappa shape index (κ1) is 16.3. The van der Waals surface area contributed by atoms with Gasteiger partial charge in [-0.25, -0.2) is 0 Å². The zero-order valence-electron chi connectivity index (χ0n) is 13.3. The fourth-order valence-electron chi connectivity index (χ4n) is 2.85. The monoisotopic (exact) mass is 303 g/mol. The number of nitrogens with one attached hydrogen (secondary N) is 2. The summed E-state index contributed by atoms with van der Waals surface area (Å²) in [6.07, 6.45) is 4.44. The predicted octanol–water partition coefficient (Wildman–Crippen LogP) is 2.60. The zero-order valence-corrected chi connectivity index (χ0v) is 13.3. The zero-order chi connectivity index (χ0) is 16.1. The molecular weight excluding hydrogens is 278 g/mol. The number of carbonyl (C=O) groups is 2. The van der Waals surface area contributed by atoms with Crippen LogP contribution in [0.15, 0.2) is 18.2 Å². The van der Waals surface area contributed by atoms with Crippen LogP contribution in [0.1, 0.15) is 44.6 Å². The Morgan fingerprint density at radius 3 is 2.68 bits per heavy atom. The van der Waals surface area contributed by atoms with Crippen LogP contribution in [0.4, 0.5) is 11.4 Å². The summed E-state index contributed by atoms with van der Waals surface area (Å²) in [6.45, 7) is 3.78. The number of anilines is 2. The fraction of sp³-hybridized carbons (Fsp3) is 0.529. The lowest BCUT2D eigenvalue weighted by Crippen LogP contribution is -2.38. The average Bonchev–Trinajstić information content (AvgIpc) is 2.96. The Bertz CT molecular complexity index is 551. The maximum atomic E-state index is 12.1. The van der Waals surface area contributed by atoms with Gasteiger partial charge in [0.15, 0.2) is 0 Å². The second-order valence-corrected chi connectivity index (χ2v) is 6.22. The van der Waals surface area contributed by atoms with Gasteiger partial charge in [0, 0.05) is 29.8 Å². The molecule has 22 heavy (non-hydrogen) atoms. The summed E-state index contributed by atoms with van der Waals surface area (Å²) >= 11 is 0. The molecule has 1 saturated carbocycles. The summed E-state index contributed by atoms with van der Waals surface area (Å²) in [6, 6.07) is 5.25. The molecule has 0 aromatic heterocycles. The first-order valence-corrected chi connectivity index (χ1v) is 7.92. The Morgan fingerprint density at radius 1 is 1.32 bits per heavy atom. The van der Waals surface area contributed by atoms with E-state index in [-0.39, 0.29) is 30.2 Å². The lowest BCUT2D eigenvalue weighted by atomic mass is 10.1. The molecule has 1 aliphatic carbocycles. The lowest BCUT2D eigenvalue weighted by molar-refractivity contribution is -0.125. The number of hydrogen-bond acceptors (Lipinski definition) is 3. The van der Waals surface area contributed by atoms with Gasteiger partial charge in [0.2, 0.25) is 11.8 Å². The van der Waals surface area contributed by atoms with E-state index in [1.54, 1.807) is 12.1 Å². The number of hydrogen-bond donors (Lipinski definition) is 3. The third-order valence-electron chi connectivity index (χ3n) is 4.14. The standard InChI is InChI=1S/C17H25N3O2/c1-11-7-8-14(18)10-15(11)20-16(21)9-12(2)19-17(22)13-5-3-4-6-13/h7-8,10,12-13H,3-6,9,18H2,1-2H3,(H,19,22)(H,20,21). The van der Waals surface area contributed by atoms with Gasteiger partial charge in [0.1, 0.15) is 0 Å². The molecule has 4 N–H and O–H groups in total. The molecule has 120 valence electrons. The van der Waals surface area contributed by atoms with E-state index in [0.29, 0.717) is 5.69 Å². The topological polar surface area (TPSA) is 84.2 Å². The molecule has 2 rings (SSSR count). The number of carbonyl (C=O) groups excluding carboxylic acids is 2. The largest absolute Gasteiger partial charge is 0.399 e. The molecule has 0 heterocycles. The van der Waals surface area contributed by atoms with Crippen molar-refractivity contribution in [2.45, 2.75) is 52.0 Å². The smallest absolute Gasteiger partial charge is 0.226 e. The van der Waals surface area contributed by atoms with Gasteiger partial charge in [0.25, 0.3) is 0 Å².